The van der Waals surface area contributed by atoms with Crippen molar-refractivity contribution in [2.75, 3.05) is 26.7 Å². The predicted molar refractivity (Wildman–Crippen MR) is 144 cm³/mol. The molecule has 3 aromatic rings. The molecule has 0 saturated carbocycles. The largest absolute Gasteiger partial charge is 0.487 e. The molecule has 198 valence electrons. The van der Waals surface area contributed by atoms with Crippen molar-refractivity contribution in [3.05, 3.63) is 83.9 Å². The number of likely N-dealkylation sites (N-methyl/N-ethyl adjacent to an activating group) is 1. The second kappa shape index (κ2) is 11.4. The van der Waals surface area contributed by atoms with E-state index in [2.05, 4.69) is 6.07 Å². The van der Waals surface area contributed by atoms with Gasteiger partial charge in [0.2, 0.25) is 10.0 Å². The molecule has 0 unspecified atom stereocenters. The van der Waals surface area contributed by atoms with Crippen molar-refractivity contribution in [2.45, 2.75) is 30.9 Å². The molecule has 0 aromatic heterocycles. The summed E-state index contributed by atoms with van der Waals surface area (Å²) >= 11 is 0. The van der Waals surface area contributed by atoms with E-state index in [9.17, 15) is 23.6 Å². The Bertz CT molecular complexity index is 1450. The van der Waals surface area contributed by atoms with Crippen LogP contribution in [0.2, 0.25) is 0 Å². The molecule has 0 saturated heterocycles. The molecule has 1 amide bonds. The van der Waals surface area contributed by atoms with Gasteiger partial charge in [0, 0.05) is 31.1 Å². The van der Waals surface area contributed by atoms with Gasteiger partial charge in [-0.3, -0.25) is 4.79 Å². The summed E-state index contributed by atoms with van der Waals surface area (Å²) < 4.78 is 35.1. The van der Waals surface area contributed by atoms with E-state index in [0.717, 1.165) is 5.56 Å². The maximum atomic E-state index is 13.7. The van der Waals surface area contributed by atoms with Crippen LogP contribution in [0.1, 0.15) is 29.8 Å². The number of aliphatic hydroxyl groups is 1. The summed E-state index contributed by atoms with van der Waals surface area (Å²) in [5.41, 5.74) is 2.47. The number of amides is 1. The number of ether oxygens (including phenoxy) is 1. The van der Waals surface area contributed by atoms with E-state index in [1.807, 2.05) is 19.1 Å². The number of aliphatic hydroxyl groups excluding tert-OH is 1. The molecule has 0 spiro atoms. The molecule has 3 atom stereocenters. The predicted octanol–water partition coefficient (Wildman–Crippen LogP) is 3.77. The fraction of sp³-hybridized carbons (Fsp3) is 0.310. The first-order valence-corrected chi connectivity index (χ1v) is 13.8. The molecular formula is C29H31N3O5S. The monoisotopic (exact) mass is 533 g/mol. The fourth-order valence-electron chi connectivity index (χ4n) is 4.55. The van der Waals surface area contributed by atoms with Crippen LogP contribution in [0.4, 0.5) is 0 Å². The van der Waals surface area contributed by atoms with Crippen molar-refractivity contribution in [3.8, 4) is 22.9 Å². The topological polar surface area (TPSA) is 111 Å². The Labute approximate surface area is 223 Å². The zero-order valence-electron chi connectivity index (χ0n) is 21.6. The molecule has 4 rings (SSSR count). The van der Waals surface area contributed by atoms with Gasteiger partial charge >= 0.3 is 0 Å². The zero-order chi connectivity index (χ0) is 27.4. The normalized spacial score (nSPS) is 19.7. The van der Waals surface area contributed by atoms with Crippen LogP contribution < -0.4 is 4.74 Å². The number of benzene rings is 3. The fourth-order valence-corrected chi connectivity index (χ4v) is 6.37. The molecule has 38 heavy (non-hydrogen) atoms. The Morgan fingerprint density at radius 1 is 1.13 bits per heavy atom. The quantitative estimate of drug-likeness (QED) is 0.517. The maximum absolute atomic E-state index is 13.7. The third-order valence-corrected chi connectivity index (χ3v) is 8.83. The third kappa shape index (κ3) is 5.58. The Morgan fingerprint density at radius 2 is 1.84 bits per heavy atom. The lowest BCUT2D eigenvalue weighted by atomic mass is 10.0. The molecule has 0 bridgehead atoms. The minimum Gasteiger partial charge on any atom is -0.487 e. The average molecular weight is 534 g/mol. The molecule has 0 radical (unpaired) electrons. The maximum Gasteiger partial charge on any atom is 0.253 e. The standard InChI is InChI=1S/C29H31N3O5S/c1-20-17-32(21(2)19-33)38(35,36)28-13-12-25(24-11-7-8-22(14-24)16-30)15-26(28)37-27(20)18-31(3)29(34)23-9-5-4-6-10-23/h4-15,20-21,27,33H,17-19H2,1-3H3/t20-,21-,27+/m1/s1. The molecule has 1 aliphatic heterocycles. The first kappa shape index (κ1) is 27.3. The average Bonchev–Trinajstić information content (AvgIpc) is 2.94. The number of nitriles is 1. The van der Waals surface area contributed by atoms with Gasteiger partial charge in [-0.25, -0.2) is 8.42 Å². The van der Waals surface area contributed by atoms with Crippen molar-refractivity contribution in [3.63, 3.8) is 0 Å². The van der Waals surface area contributed by atoms with Crippen molar-refractivity contribution in [2.24, 2.45) is 5.92 Å². The van der Waals surface area contributed by atoms with Crippen LogP contribution in [0.15, 0.2) is 77.7 Å². The van der Waals surface area contributed by atoms with Crippen LogP contribution in [0, 0.1) is 17.2 Å². The molecule has 0 aliphatic carbocycles. The Kier molecular flexibility index (Phi) is 8.17. The van der Waals surface area contributed by atoms with E-state index < -0.39 is 22.2 Å². The Hall–Kier alpha value is -3.71. The van der Waals surface area contributed by atoms with Gasteiger partial charge < -0.3 is 14.7 Å². The van der Waals surface area contributed by atoms with E-state index >= 15 is 0 Å². The van der Waals surface area contributed by atoms with Gasteiger partial charge in [0.05, 0.1) is 24.8 Å². The van der Waals surface area contributed by atoms with Crippen molar-refractivity contribution in [1.29, 1.82) is 5.26 Å². The van der Waals surface area contributed by atoms with Gasteiger partial charge in [-0.1, -0.05) is 43.3 Å². The highest BCUT2D eigenvalue weighted by molar-refractivity contribution is 7.89. The first-order valence-electron chi connectivity index (χ1n) is 12.4. The molecule has 8 nitrogen and oxygen atoms in total. The molecule has 3 aromatic carbocycles. The van der Waals surface area contributed by atoms with Crippen LogP contribution >= 0.6 is 0 Å². The van der Waals surface area contributed by atoms with Crippen LogP contribution in [0.5, 0.6) is 5.75 Å². The number of sulfonamides is 1. The van der Waals surface area contributed by atoms with E-state index in [1.54, 1.807) is 73.5 Å². The second-order valence-corrected chi connectivity index (χ2v) is 11.5. The van der Waals surface area contributed by atoms with Crippen molar-refractivity contribution in [1.82, 2.24) is 9.21 Å². The van der Waals surface area contributed by atoms with Gasteiger partial charge in [0.15, 0.2) is 0 Å². The number of nitrogens with zero attached hydrogens (tertiary/aromatic N) is 3. The summed E-state index contributed by atoms with van der Waals surface area (Å²) in [6, 6.07) is 22.3. The molecule has 1 heterocycles. The highest BCUT2D eigenvalue weighted by atomic mass is 32.2. The summed E-state index contributed by atoms with van der Waals surface area (Å²) in [5, 5.41) is 19.2. The van der Waals surface area contributed by atoms with E-state index in [1.165, 1.54) is 10.4 Å². The van der Waals surface area contributed by atoms with Gasteiger partial charge in [0.25, 0.3) is 5.91 Å². The molecular weight excluding hydrogens is 502 g/mol. The highest BCUT2D eigenvalue weighted by Gasteiger charge is 2.38. The third-order valence-electron chi connectivity index (χ3n) is 6.81. The lowest BCUT2D eigenvalue weighted by Crippen LogP contribution is -2.50. The van der Waals surface area contributed by atoms with Gasteiger partial charge in [-0.15, -0.1) is 0 Å². The van der Waals surface area contributed by atoms with Crippen LogP contribution in [-0.4, -0.2) is 67.5 Å². The van der Waals surface area contributed by atoms with Crippen LogP contribution in [0.25, 0.3) is 11.1 Å². The number of carbonyl (C=O) groups excluding carboxylic acids is 1. The number of rotatable bonds is 6. The van der Waals surface area contributed by atoms with Crippen LogP contribution in [-0.2, 0) is 10.0 Å². The summed E-state index contributed by atoms with van der Waals surface area (Å²) in [4.78, 5) is 14.6. The molecule has 1 aliphatic rings. The molecule has 0 fully saturated rings. The summed E-state index contributed by atoms with van der Waals surface area (Å²) in [5.74, 6) is -0.306. The van der Waals surface area contributed by atoms with Crippen LogP contribution in [0.3, 0.4) is 0 Å². The van der Waals surface area contributed by atoms with Gasteiger partial charge in [0.1, 0.15) is 16.7 Å². The number of carbonyl (C=O) groups is 1. The van der Waals surface area contributed by atoms with E-state index in [-0.39, 0.29) is 42.2 Å². The lowest BCUT2D eigenvalue weighted by molar-refractivity contribution is 0.0564. The summed E-state index contributed by atoms with van der Waals surface area (Å²) in [7, 11) is -2.30. The minimum atomic E-state index is -3.99. The molecule has 1 N–H and O–H groups in total. The number of hydrogen-bond donors (Lipinski definition) is 1. The van der Waals surface area contributed by atoms with Crippen molar-refractivity contribution < 1.29 is 23.1 Å². The van der Waals surface area contributed by atoms with Crippen molar-refractivity contribution >= 4 is 15.9 Å². The summed E-state index contributed by atoms with van der Waals surface area (Å²) in [6.45, 7) is 3.55. The van der Waals surface area contributed by atoms with E-state index in [4.69, 9.17) is 4.74 Å². The Morgan fingerprint density at radius 3 is 2.53 bits per heavy atom. The Balaban J connectivity index is 1.76. The SMILES string of the molecule is C[C@@H]1CN([C@H](C)CO)S(=O)(=O)c2ccc(-c3cccc(C#N)c3)cc2O[C@H]1CN(C)C(=O)c1ccccc1. The van der Waals surface area contributed by atoms with Gasteiger partial charge in [-0.2, -0.15) is 9.57 Å². The minimum absolute atomic E-state index is 0.00748. The highest BCUT2D eigenvalue weighted by Crippen LogP contribution is 2.36. The molecule has 9 heteroatoms. The lowest BCUT2D eigenvalue weighted by Gasteiger charge is -2.37. The number of hydrogen-bond acceptors (Lipinski definition) is 6. The van der Waals surface area contributed by atoms with E-state index in [0.29, 0.717) is 16.7 Å². The van der Waals surface area contributed by atoms with Gasteiger partial charge in [-0.05, 0) is 54.4 Å². The summed E-state index contributed by atoms with van der Waals surface area (Å²) in [6.07, 6.45) is -0.531. The zero-order valence-corrected chi connectivity index (χ0v) is 22.4. The second-order valence-electron chi connectivity index (χ2n) is 9.65. The number of fused-ring (bicyclic) bond motifs is 1. The smallest absolute Gasteiger partial charge is 0.253 e. The first-order chi connectivity index (χ1) is 18.1.